The second kappa shape index (κ2) is 6.87. The van der Waals surface area contributed by atoms with Gasteiger partial charge < -0.3 is 15.0 Å². The molecule has 0 unspecified atom stereocenters. The first-order chi connectivity index (χ1) is 9.15. The van der Waals surface area contributed by atoms with Gasteiger partial charge in [0.2, 0.25) is 0 Å². The van der Waals surface area contributed by atoms with Crippen molar-refractivity contribution >= 4 is 0 Å². The SMILES string of the molecule is CN(C)CCCOc1ccc(CNC2CC2)cc1F. The van der Waals surface area contributed by atoms with Gasteiger partial charge in [-0.1, -0.05) is 6.07 Å². The fourth-order valence-corrected chi connectivity index (χ4v) is 1.88. The number of rotatable bonds is 8. The lowest BCUT2D eigenvalue weighted by molar-refractivity contribution is 0.271. The highest BCUT2D eigenvalue weighted by atomic mass is 19.1. The van der Waals surface area contributed by atoms with Crippen molar-refractivity contribution in [3.05, 3.63) is 29.6 Å². The Labute approximate surface area is 114 Å². The minimum atomic E-state index is -0.264. The predicted octanol–water partition coefficient (Wildman–Crippen LogP) is 2.41. The zero-order valence-corrected chi connectivity index (χ0v) is 11.8. The van der Waals surface area contributed by atoms with Gasteiger partial charge in [-0.15, -0.1) is 0 Å². The van der Waals surface area contributed by atoms with Gasteiger partial charge in [0.05, 0.1) is 6.61 Å². The Kier molecular flexibility index (Phi) is 5.16. The molecule has 3 nitrogen and oxygen atoms in total. The molecular weight excluding hydrogens is 243 g/mol. The highest BCUT2D eigenvalue weighted by Gasteiger charge is 2.20. The first-order valence-corrected chi connectivity index (χ1v) is 6.94. The van der Waals surface area contributed by atoms with Gasteiger partial charge in [-0.2, -0.15) is 0 Å². The smallest absolute Gasteiger partial charge is 0.165 e. The molecule has 1 aromatic carbocycles. The molecule has 0 saturated heterocycles. The Balaban J connectivity index is 1.77. The lowest BCUT2D eigenvalue weighted by atomic mass is 10.2. The third-order valence-electron chi connectivity index (χ3n) is 3.18. The second-order valence-corrected chi connectivity index (χ2v) is 5.43. The number of hydrogen-bond acceptors (Lipinski definition) is 3. The molecule has 19 heavy (non-hydrogen) atoms. The van der Waals surface area contributed by atoms with E-state index < -0.39 is 0 Å². The molecule has 0 atom stereocenters. The van der Waals surface area contributed by atoms with Gasteiger partial charge in [0.25, 0.3) is 0 Å². The summed E-state index contributed by atoms with van der Waals surface area (Å²) in [6, 6.07) is 5.87. The van der Waals surface area contributed by atoms with E-state index in [4.69, 9.17) is 4.74 Å². The van der Waals surface area contributed by atoms with Crippen LogP contribution in [0.3, 0.4) is 0 Å². The van der Waals surface area contributed by atoms with Crippen LogP contribution in [0.15, 0.2) is 18.2 Å². The summed E-state index contributed by atoms with van der Waals surface area (Å²) < 4.78 is 19.3. The number of nitrogens with one attached hydrogen (secondary N) is 1. The van der Waals surface area contributed by atoms with E-state index in [1.807, 2.05) is 20.2 Å². The maximum absolute atomic E-state index is 13.8. The Hall–Kier alpha value is -1.13. The third kappa shape index (κ3) is 5.17. The van der Waals surface area contributed by atoms with Crippen LogP contribution in [0.4, 0.5) is 4.39 Å². The van der Waals surface area contributed by atoms with Gasteiger partial charge >= 0.3 is 0 Å². The number of halogens is 1. The van der Waals surface area contributed by atoms with Gasteiger partial charge in [0.1, 0.15) is 0 Å². The minimum absolute atomic E-state index is 0.264. The Morgan fingerprint density at radius 1 is 1.37 bits per heavy atom. The van der Waals surface area contributed by atoms with Gasteiger partial charge in [0, 0.05) is 19.1 Å². The molecule has 1 fully saturated rings. The molecule has 1 aromatic rings. The van der Waals surface area contributed by atoms with E-state index in [-0.39, 0.29) is 5.82 Å². The molecule has 0 aliphatic heterocycles. The molecule has 1 saturated carbocycles. The number of hydrogen-bond donors (Lipinski definition) is 1. The molecule has 1 aliphatic carbocycles. The standard InChI is InChI=1S/C15H23FN2O/c1-18(2)8-3-9-19-15-7-4-12(10-14(15)16)11-17-13-5-6-13/h4,7,10,13,17H,3,5-6,8-9,11H2,1-2H3. The minimum Gasteiger partial charge on any atom is -0.490 e. The molecule has 0 bridgehead atoms. The summed E-state index contributed by atoms with van der Waals surface area (Å²) in [5.74, 6) is 0.0916. The number of benzene rings is 1. The molecule has 106 valence electrons. The van der Waals surface area contributed by atoms with E-state index in [0.29, 0.717) is 18.4 Å². The average molecular weight is 266 g/mol. The zero-order chi connectivity index (χ0) is 13.7. The van der Waals surface area contributed by atoms with Gasteiger partial charge in [0.15, 0.2) is 11.6 Å². The molecule has 1 aliphatic rings. The Bertz CT molecular complexity index is 405. The largest absolute Gasteiger partial charge is 0.490 e. The van der Waals surface area contributed by atoms with E-state index in [2.05, 4.69) is 10.2 Å². The molecule has 0 heterocycles. The summed E-state index contributed by atoms with van der Waals surface area (Å²) in [7, 11) is 4.03. The Morgan fingerprint density at radius 2 is 2.16 bits per heavy atom. The second-order valence-electron chi connectivity index (χ2n) is 5.43. The maximum Gasteiger partial charge on any atom is 0.165 e. The molecule has 0 radical (unpaired) electrons. The van der Waals surface area contributed by atoms with Crippen LogP contribution in [-0.4, -0.2) is 38.2 Å². The monoisotopic (exact) mass is 266 g/mol. The van der Waals surface area contributed by atoms with Crippen LogP contribution in [0, 0.1) is 5.82 Å². The summed E-state index contributed by atoms with van der Waals surface area (Å²) in [5.41, 5.74) is 0.977. The van der Waals surface area contributed by atoms with Gasteiger partial charge in [-0.25, -0.2) is 4.39 Å². The normalized spacial score (nSPS) is 14.9. The molecule has 4 heteroatoms. The molecular formula is C15H23FN2O. The van der Waals surface area contributed by atoms with Crippen LogP contribution in [-0.2, 0) is 6.54 Å². The van der Waals surface area contributed by atoms with Crippen molar-refractivity contribution in [3.8, 4) is 5.75 Å². The van der Waals surface area contributed by atoms with Crippen molar-refractivity contribution < 1.29 is 9.13 Å². The van der Waals surface area contributed by atoms with Gasteiger partial charge in [-0.05, 0) is 51.1 Å². The predicted molar refractivity (Wildman–Crippen MR) is 74.9 cm³/mol. The first kappa shape index (κ1) is 14.3. The van der Waals surface area contributed by atoms with E-state index in [1.165, 1.54) is 12.8 Å². The van der Waals surface area contributed by atoms with Crippen molar-refractivity contribution in [1.29, 1.82) is 0 Å². The zero-order valence-electron chi connectivity index (χ0n) is 11.8. The summed E-state index contributed by atoms with van der Waals surface area (Å²) in [6.07, 6.45) is 3.39. The third-order valence-corrected chi connectivity index (χ3v) is 3.18. The van der Waals surface area contributed by atoms with E-state index in [0.717, 1.165) is 25.1 Å². The number of nitrogens with zero attached hydrogens (tertiary/aromatic N) is 1. The van der Waals surface area contributed by atoms with Crippen molar-refractivity contribution in [3.63, 3.8) is 0 Å². The van der Waals surface area contributed by atoms with Crippen molar-refractivity contribution in [1.82, 2.24) is 10.2 Å². The van der Waals surface area contributed by atoms with Crippen molar-refractivity contribution in [2.24, 2.45) is 0 Å². The number of ether oxygens (including phenoxy) is 1. The molecule has 0 amide bonds. The lowest BCUT2D eigenvalue weighted by Crippen LogP contribution is -2.16. The summed E-state index contributed by atoms with van der Waals surface area (Å²) in [4.78, 5) is 2.09. The van der Waals surface area contributed by atoms with E-state index in [9.17, 15) is 4.39 Å². The molecule has 1 N–H and O–H groups in total. The molecule has 2 rings (SSSR count). The maximum atomic E-state index is 13.8. The van der Waals surface area contributed by atoms with Crippen LogP contribution < -0.4 is 10.1 Å². The summed E-state index contributed by atoms with van der Waals surface area (Å²) >= 11 is 0. The van der Waals surface area contributed by atoms with Crippen LogP contribution in [0.5, 0.6) is 5.75 Å². The molecule has 0 aromatic heterocycles. The fraction of sp³-hybridized carbons (Fsp3) is 0.600. The highest BCUT2D eigenvalue weighted by Crippen LogP contribution is 2.21. The van der Waals surface area contributed by atoms with E-state index in [1.54, 1.807) is 12.1 Å². The first-order valence-electron chi connectivity index (χ1n) is 6.94. The summed E-state index contributed by atoms with van der Waals surface area (Å²) in [5, 5.41) is 3.37. The Morgan fingerprint density at radius 3 is 2.79 bits per heavy atom. The van der Waals surface area contributed by atoms with Crippen LogP contribution in [0.1, 0.15) is 24.8 Å². The highest BCUT2D eigenvalue weighted by molar-refractivity contribution is 5.29. The van der Waals surface area contributed by atoms with Crippen LogP contribution in [0.25, 0.3) is 0 Å². The van der Waals surface area contributed by atoms with Crippen molar-refractivity contribution in [2.75, 3.05) is 27.2 Å². The quantitative estimate of drug-likeness (QED) is 0.731. The van der Waals surface area contributed by atoms with E-state index >= 15 is 0 Å². The topological polar surface area (TPSA) is 24.5 Å². The van der Waals surface area contributed by atoms with Crippen LogP contribution in [0.2, 0.25) is 0 Å². The van der Waals surface area contributed by atoms with Gasteiger partial charge in [-0.3, -0.25) is 0 Å². The van der Waals surface area contributed by atoms with Crippen molar-refractivity contribution in [2.45, 2.75) is 31.8 Å². The lowest BCUT2D eigenvalue weighted by Gasteiger charge is -2.11. The summed E-state index contributed by atoms with van der Waals surface area (Å²) in [6.45, 7) is 2.24. The fourth-order valence-electron chi connectivity index (χ4n) is 1.88. The van der Waals surface area contributed by atoms with Crippen LogP contribution >= 0.6 is 0 Å². The average Bonchev–Trinajstić information content (AvgIpc) is 3.17. The molecule has 0 spiro atoms.